The van der Waals surface area contributed by atoms with Gasteiger partial charge in [-0.2, -0.15) is 5.26 Å². The van der Waals surface area contributed by atoms with Crippen LogP contribution in [0.1, 0.15) is 26.3 Å². The van der Waals surface area contributed by atoms with Crippen molar-refractivity contribution in [1.82, 2.24) is 4.98 Å². The summed E-state index contributed by atoms with van der Waals surface area (Å²) in [5.41, 5.74) is 0.0446. The number of rotatable bonds is 1. The first-order chi connectivity index (χ1) is 7.83. The number of ether oxygens (including phenoxy) is 1. The molecule has 0 aliphatic rings. The van der Waals surface area contributed by atoms with Crippen molar-refractivity contribution in [3.63, 3.8) is 0 Å². The Kier molecular flexibility index (Phi) is 4.07. The predicted molar refractivity (Wildman–Crippen MR) is 66.5 cm³/mol. The number of aromatic nitrogens is 1. The van der Waals surface area contributed by atoms with Crippen molar-refractivity contribution in [2.75, 3.05) is 5.32 Å². The van der Waals surface area contributed by atoms with Crippen LogP contribution >= 0.6 is 15.9 Å². The van der Waals surface area contributed by atoms with Crippen LogP contribution in [-0.2, 0) is 4.74 Å². The van der Waals surface area contributed by atoms with E-state index in [1.165, 1.54) is 12.3 Å². The smallest absolute Gasteiger partial charge is 0.412 e. The molecular formula is C11H12BrN3O2. The number of nitrogens with zero attached hydrogens (tertiary/aromatic N) is 2. The van der Waals surface area contributed by atoms with Gasteiger partial charge in [-0.05, 0) is 42.8 Å². The normalized spacial score (nSPS) is 10.5. The van der Waals surface area contributed by atoms with E-state index >= 15 is 0 Å². The molecule has 0 aliphatic heterocycles. The van der Waals surface area contributed by atoms with Gasteiger partial charge in [-0.15, -0.1) is 0 Å². The largest absolute Gasteiger partial charge is 0.444 e. The Hall–Kier alpha value is -1.61. The average molecular weight is 298 g/mol. The molecule has 0 spiro atoms. The molecule has 1 N–H and O–H groups in total. The van der Waals surface area contributed by atoms with Gasteiger partial charge in [0.05, 0.1) is 5.69 Å². The van der Waals surface area contributed by atoms with Crippen LogP contribution < -0.4 is 5.32 Å². The highest BCUT2D eigenvalue weighted by atomic mass is 79.9. The third-order valence-corrected chi connectivity index (χ3v) is 2.25. The molecule has 0 saturated carbocycles. The molecule has 0 bridgehead atoms. The van der Waals surface area contributed by atoms with Gasteiger partial charge in [0, 0.05) is 6.20 Å². The molecular weight excluding hydrogens is 286 g/mol. The summed E-state index contributed by atoms with van der Waals surface area (Å²) in [6.07, 6.45) is 0.879. The molecule has 1 aromatic heterocycles. The Labute approximate surface area is 108 Å². The number of anilines is 1. The molecule has 0 unspecified atom stereocenters. The fraction of sp³-hybridized carbons (Fsp3) is 0.364. The van der Waals surface area contributed by atoms with Crippen LogP contribution in [0.25, 0.3) is 0 Å². The van der Waals surface area contributed by atoms with Gasteiger partial charge >= 0.3 is 6.09 Å². The lowest BCUT2D eigenvalue weighted by Gasteiger charge is -2.19. The molecule has 6 heteroatoms. The van der Waals surface area contributed by atoms with E-state index in [1.807, 2.05) is 6.07 Å². The molecule has 0 saturated heterocycles. The highest BCUT2D eigenvalue weighted by Gasteiger charge is 2.17. The number of pyridine rings is 1. The fourth-order valence-corrected chi connectivity index (χ4v) is 1.48. The maximum absolute atomic E-state index is 11.5. The lowest BCUT2D eigenvalue weighted by atomic mass is 10.2. The second-order valence-corrected chi connectivity index (χ2v) is 5.01. The van der Waals surface area contributed by atoms with E-state index < -0.39 is 11.7 Å². The first-order valence-electron chi connectivity index (χ1n) is 4.88. The molecule has 1 amide bonds. The number of hydrogen-bond donors (Lipinski definition) is 1. The van der Waals surface area contributed by atoms with Crippen LogP contribution in [0.3, 0.4) is 0 Å². The molecule has 0 aromatic carbocycles. The van der Waals surface area contributed by atoms with E-state index in [1.54, 1.807) is 20.8 Å². The van der Waals surface area contributed by atoms with Gasteiger partial charge in [-0.3, -0.25) is 5.32 Å². The molecule has 17 heavy (non-hydrogen) atoms. The zero-order valence-corrected chi connectivity index (χ0v) is 11.3. The summed E-state index contributed by atoms with van der Waals surface area (Å²) >= 11 is 3.13. The topological polar surface area (TPSA) is 75.0 Å². The van der Waals surface area contributed by atoms with E-state index in [0.717, 1.165) is 0 Å². The first-order valence-corrected chi connectivity index (χ1v) is 5.67. The van der Waals surface area contributed by atoms with E-state index in [4.69, 9.17) is 10.00 Å². The standard InChI is InChI=1S/C11H12BrN3O2/c1-11(2,3)17-10(16)15-8-4-5-14-9(12)7(8)6-13/h4-5H,1-3H3,(H,14,15,16). The minimum Gasteiger partial charge on any atom is -0.444 e. The average Bonchev–Trinajstić information content (AvgIpc) is 2.14. The van der Waals surface area contributed by atoms with Crippen LogP contribution in [0.4, 0.5) is 10.5 Å². The van der Waals surface area contributed by atoms with Crippen LogP contribution in [0.5, 0.6) is 0 Å². The minimum absolute atomic E-state index is 0.262. The zero-order valence-electron chi connectivity index (χ0n) is 9.74. The molecule has 0 radical (unpaired) electrons. The van der Waals surface area contributed by atoms with Crippen LogP contribution in [-0.4, -0.2) is 16.7 Å². The lowest BCUT2D eigenvalue weighted by Crippen LogP contribution is -2.27. The predicted octanol–water partition coefficient (Wildman–Crippen LogP) is 3.06. The lowest BCUT2D eigenvalue weighted by molar-refractivity contribution is 0.0636. The van der Waals surface area contributed by atoms with E-state index in [2.05, 4.69) is 26.2 Å². The third-order valence-electron chi connectivity index (χ3n) is 1.65. The summed E-state index contributed by atoms with van der Waals surface area (Å²) in [5.74, 6) is 0. The third kappa shape index (κ3) is 4.04. The van der Waals surface area contributed by atoms with Gasteiger partial charge in [0.15, 0.2) is 0 Å². The van der Waals surface area contributed by atoms with Crippen molar-refractivity contribution in [3.05, 3.63) is 22.4 Å². The van der Waals surface area contributed by atoms with Crippen molar-refractivity contribution in [2.24, 2.45) is 0 Å². The number of nitriles is 1. The maximum Gasteiger partial charge on any atom is 0.412 e. The highest BCUT2D eigenvalue weighted by Crippen LogP contribution is 2.22. The molecule has 1 heterocycles. The Morgan fingerprint density at radius 3 is 2.76 bits per heavy atom. The fourth-order valence-electron chi connectivity index (χ4n) is 1.06. The summed E-state index contributed by atoms with van der Waals surface area (Å²) < 4.78 is 5.47. The van der Waals surface area contributed by atoms with Crippen molar-refractivity contribution in [1.29, 1.82) is 5.26 Å². The van der Waals surface area contributed by atoms with E-state index in [0.29, 0.717) is 10.3 Å². The number of carbonyl (C=O) groups is 1. The van der Waals surface area contributed by atoms with E-state index in [-0.39, 0.29) is 5.56 Å². The molecule has 0 aliphatic carbocycles. The van der Waals surface area contributed by atoms with Crippen LogP contribution in [0.2, 0.25) is 0 Å². The summed E-state index contributed by atoms with van der Waals surface area (Å²) in [4.78, 5) is 15.4. The molecule has 90 valence electrons. The second-order valence-electron chi connectivity index (χ2n) is 4.26. The van der Waals surface area contributed by atoms with Crippen LogP contribution in [0, 0.1) is 11.3 Å². The Bertz CT molecular complexity index is 475. The van der Waals surface area contributed by atoms with Gasteiger partial charge in [-0.25, -0.2) is 9.78 Å². The monoisotopic (exact) mass is 297 g/mol. The number of hydrogen-bond acceptors (Lipinski definition) is 4. The number of halogens is 1. The Balaban J connectivity index is 2.87. The van der Waals surface area contributed by atoms with Crippen molar-refractivity contribution >= 4 is 27.7 Å². The van der Waals surface area contributed by atoms with Gasteiger partial charge in [0.2, 0.25) is 0 Å². The molecule has 1 aromatic rings. The van der Waals surface area contributed by atoms with Crippen LogP contribution in [0.15, 0.2) is 16.9 Å². The summed E-state index contributed by atoms with van der Waals surface area (Å²) in [7, 11) is 0. The summed E-state index contributed by atoms with van der Waals surface area (Å²) in [6.45, 7) is 5.29. The van der Waals surface area contributed by atoms with Gasteiger partial charge < -0.3 is 4.74 Å². The summed E-state index contributed by atoms with van der Waals surface area (Å²) in [5, 5.41) is 11.4. The Morgan fingerprint density at radius 2 is 2.24 bits per heavy atom. The van der Waals surface area contributed by atoms with Crippen molar-refractivity contribution in [2.45, 2.75) is 26.4 Å². The van der Waals surface area contributed by atoms with E-state index in [9.17, 15) is 4.79 Å². The number of amides is 1. The highest BCUT2D eigenvalue weighted by molar-refractivity contribution is 9.10. The quantitative estimate of drug-likeness (QED) is 0.808. The van der Waals surface area contributed by atoms with Gasteiger partial charge in [-0.1, -0.05) is 0 Å². The number of nitrogens with one attached hydrogen (secondary N) is 1. The molecule has 5 nitrogen and oxygen atoms in total. The zero-order chi connectivity index (χ0) is 13.1. The van der Waals surface area contributed by atoms with Gasteiger partial charge in [0.25, 0.3) is 0 Å². The first kappa shape index (κ1) is 13.5. The van der Waals surface area contributed by atoms with Crippen molar-refractivity contribution < 1.29 is 9.53 Å². The Morgan fingerprint density at radius 1 is 1.59 bits per heavy atom. The molecule has 1 rings (SSSR count). The second kappa shape index (κ2) is 5.15. The van der Waals surface area contributed by atoms with Gasteiger partial charge in [0.1, 0.15) is 21.8 Å². The maximum atomic E-state index is 11.5. The SMILES string of the molecule is CC(C)(C)OC(=O)Nc1ccnc(Br)c1C#N. The molecule has 0 fully saturated rings. The van der Waals surface area contributed by atoms with Crippen molar-refractivity contribution in [3.8, 4) is 6.07 Å². The molecule has 0 atom stereocenters. The number of carbonyl (C=O) groups excluding carboxylic acids is 1. The minimum atomic E-state index is -0.605. The summed E-state index contributed by atoms with van der Waals surface area (Å²) in [6, 6.07) is 3.49.